The summed E-state index contributed by atoms with van der Waals surface area (Å²) in [6.07, 6.45) is -2.18. The number of hydrogen-bond acceptors (Lipinski definition) is 7. The number of aromatic hydroxyl groups is 1. The van der Waals surface area contributed by atoms with E-state index in [2.05, 4.69) is 10.4 Å². The third kappa shape index (κ3) is 4.93. The molecule has 0 radical (unpaired) electrons. The molecule has 2 aliphatic carbocycles. The molecule has 3 fully saturated rings. The first-order chi connectivity index (χ1) is 23.2. The highest BCUT2D eigenvalue weighted by molar-refractivity contribution is 6.33. The summed E-state index contributed by atoms with van der Waals surface area (Å²) in [4.78, 5) is 61.8. The summed E-state index contributed by atoms with van der Waals surface area (Å²) < 4.78 is 40.1. The standard InChI is InChI=1S/C34H26Cl3F3N4O5/c1-2-43-29(46)21-10-9-19-22(26(21)31(43)48)13-23-30(47)44(42-28-25(37)11-16(14-41-28)34(38,39)40)32(49)33(23,15-3-5-17(35)6-4-15)27(19)20-8-7-18(45)12-24(20)36/h3-9,11-12,14,21-23,26-27,45H,2,10,13H2,1H3,(H,41,42). The van der Waals surface area contributed by atoms with Crippen LogP contribution in [0.2, 0.25) is 15.1 Å². The molecule has 1 saturated carbocycles. The van der Waals surface area contributed by atoms with Crippen LogP contribution in [0, 0.1) is 23.7 Å². The van der Waals surface area contributed by atoms with Crippen LogP contribution in [0.15, 0.2) is 66.4 Å². The van der Waals surface area contributed by atoms with Crippen molar-refractivity contribution < 1.29 is 37.5 Å². The lowest BCUT2D eigenvalue weighted by atomic mass is 9.49. The van der Waals surface area contributed by atoms with Crippen LogP contribution in [-0.4, -0.2) is 50.2 Å². The van der Waals surface area contributed by atoms with Gasteiger partial charge in [-0.25, -0.2) is 4.98 Å². The second-order valence-electron chi connectivity index (χ2n) is 12.5. The van der Waals surface area contributed by atoms with Gasteiger partial charge in [0.2, 0.25) is 11.8 Å². The number of hydrazine groups is 1. The van der Waals surface area contributed by atoms with Crippen LogP contribution in [0.25, 0.3) is 0 Å². The van der Waals surface area contributed by atoms with E-state index in [0.717, 1.165) is 0 Å². The number of fused-ring (bicyclic) bond motifs is 4. The van der Waals surface area contributed by atoms with Gasteiger partial charge in [0.05, 0.1) is 33.8 Å². The van der Waals surface area contributed by atoms with Gasteiger partial charge in [-0.2, -0.15) is 18.2 Å². The number of rotatable bonds is 5. The quantitative estimate of drug-likeness (QED) is 0.220. The molecule has 2 aromatic carbocycles. The average molecular weight is 734 g/mol. The largest absolute Gasteiger partial charge is 0.508 e. The van der Waals surface area contributed by atoms with Crippen molar-refractivity contribution in [3.8, 4) is 5.75 Å². The number of likely N-dealkylation sites (tertiary alicyclic amines) is 1. The predicted octanol–water partition coefficient (Wildman–Crippen LogP) is 6.77. The zero-order chi connectivity index (χ0) is 35.2. The van der Waals surface area contributed by atoms with Gasteiger partial charge in [-0.05, 0) is 67.1 Å². The molecule has 3 heterocycles. The number of halogens is 6. The highest BCUT2D eigenvalue weighted by atomic mass is 35.5. The third-order valence-corrected chi connectivity index (χ3v) is 11.1. The normalized spacial score (nSPS) is 28.0. The molecule has 2 N–H and O–H groups in total. The SMILES string of the molecule is CCN1C(=O)C2CC=C3C(CC4C(=O)N(Nc5ncc(C(F)(F)F)cc5Cl)C(=O)C4(c4ccc(Cl)cc4)C3c3ccc(O)cc3Cl)C2C1=O. The molecular weight excluding hydrogens is 708 g/mol. The number of carbonyl (C=O) groups is 4. The van der Waals surface area contributed by atoms with E-state index in [1.807, 2.05) is 6.08 Å². The van der Waals surface area contributed by atoms with Crippen molar-refractivity contribution in [2.45, 2.75) is 37.3 Å². The number of phenolic OH excluding ortho intramolecular Hbond substituents is 1. The van der Waals surface area contributed by atoms with Gasteiger partial charge in [-0.1, -0.05) is 64.7 Å². The van der Waals surface area contributed by atoms with Crippen LogP contribution < -0.4 is 5.43 Å². The maximum Gasteiger partial charge on any atom is 0.417 e. The Bertz CT molecular complexity index is 1970. The number of pyridine rings is 1. The Balaban J connectivity index is 1.45. The maximum absolute atomic E-state index is 15.1. The fourth-order valence-electron chi connectivity index (χ4n) is 8.25. The molecule has 2 aliphatic heterocycles. The Morgan fingerprint density at radius 1 is 0.959 bits per heavy atom. The van der Waals surface area contributed by atoms with Gasteiger partial charge in [-0.15, -0.1) is 0 Å². The Kier molecular flexibility index (Phi) is 8.00. The highest BCUT2D eigenvalue weighted by Crippen LogP contribution is 2.64. The van der Waals surface area contributed by atoms with Crippen molar-refractivity contribution in [2.75, 3.05) is 12.0 Å². The minimum Gasteiger partial charge on any atom is -0.508 e. The summed E-state index contributed by atoms with van der Waals surface area (Å²) in [5.41, 5.74) is 1.12. The summed E-state index contributed by atoms with van der Waals surface area (Å²) in [6.45, 7) is 1.88. The lowest BCUT2D eigenvalue weighted by molar-refractivity contribution is -0.141. The number of phenols is 1. The first-order valence-corrected chi connectivity index (χ1v) is 16.5. The number of amides is 4. The van der Waals surface area contributed by atoms with E-state index in [4.69, 9.17) is 34.8 Å². The van der Waals surface area contributed by atoms with Crippen LogP contribution in [0.3, 0.4) is 0 Å². The van der Waals surface area contributed by atoms with E-state index < -0.39 is 63.6 Å². The van der Waals surface area contributed by atoms with E-state index in [9.17, 15) is 32.7 Å². The van der Waals surface area contributed by atoms with Gasteiger partial charge in [0.1, 0.15) is 5.75 Å². The molecule has 9 nitrogen and oxygen atoms in total. The van der Waals surface area contributed by atoms with Crippen LogP contribution in [0.1, 0.15) is 42.4 Å². The molecule has 1 aromatic heterocycles. The lowest BCUT2D eigenvalue weighted by Gasteiger charge is -2.50. The number of nitrogens with one attached hydrogen (secondary N) is 1. The molecule has 4 aliphatic rings. The lowest BCUT2D eigenvalue weighted by Crippen LogP contribution is -2.53. The molecule has 6 unspecified atom stereocenters. The average Bonchev–Trinajstić information content (AvgIpc) is 3.42. The highest BCUT2D eigenvalue weighted by Gasteiger charge is 2.70. The Labute approximate surface area is 292 Å². The molecule has 0 spiro atoms. The number of alkyl halides is 3. The first-order valence-electron chi connectivity index (χ1n) is 15.4. The molecule has 254 valence electrons. The predicted molar refractivity (Wildman–Crippen MR) is 172 cm³/mol. The van der Waals surface area contributed by atoms with Gasteiger partial charge >= 0.3 is 6.18 Å². The van der Waals surface area contributed by atoms with Gasteiger partial charge in [0.25, 0.3) is 11.8 Å². The number of nitrogens with zero attached hydrogens (tertiary/aromatic N) is 3. The first kappa shape index (κ1) is 33.4. The van der Waals surface area contributed by atoms with Crippen LogP contribution in [0.5, 0.6) is 5.75 Å². The van der Waals surface area contributed by atoms with Crippen molar-refractivity contribution in [3.05, 3.63) is 98.1 Å². The molecule has 6 atom stereocenters. The topological polar surface area (TPSA) is 120 Å². The van der Waals surface area contributed by atoms with Crippen LogP contribution in [-0.2, 0) is 30.8 Å². The minimum absolute atomic E-state index is 0.0185. The number of allylic oxidation sites excluding steroid dienone is 2. The van der Waals surface area contributed by atoms with E-state index in [0.29, 0.717) is 39.0 Å². The fourth-order valence-corrected chi connectivity index (χ4v) is 8.87. The number of aromatic nitrogens is 1. The molecular formula is C34H26Cl3F3N4O5. The van der Waals surface area contributed by atoms with E-state index in [-0.39, 0.29) is 47.8 Å². The third-order valence-electron chi connectivity index (χ3n) is 10.3. The van der Waals surface area contributed by atoms with E-state index in [1.54, 1.807) is 37.3 Å². The zero-order valence-corrected chi connectivity index (χ0v) is 27.7. The number of carbonyl (C=O) groups excluding carboxylic acids is 4. The maximum atomic E-state index is 15.1. The summed E-state index contributed by atoms with van der Waals surface area (Å²) >= 11 is 19.3. The summed E-state index contributed by atoms with van der Waals surface area (Å²) in [5.74, 6) is -6.99. The van der Waals surface area contributed by atoms with Crippen molar-refractivity contribution >= 4 is 64.2 Å². The van der Waals surface area contributed by atoms with Crippen molar-refractivity contribution in [2.24, 2.45) is 23.7 Å². The fraction of sp³-hybridized carbons (Fsp3) is 0.324. The number of benzene rings is 2. The van der Waals surface area contributed by atoms with Crippen LogP contribution >= 0.6 is 34.8 Å². The van der Waals surface area contributed by atoms with Gasteiger partial charge in [-0.3, -0.25) is 29.5 Å². The summed E-state index contributed by atoms with van der Waals surface area (Å²) in [5, 5.41) is 10.9. The second-order valence-corrected chi connectivity index (χ2v) is 13.8. The molecule has 15 heteroatoms. The Morgan fingerprint density at radius 3 is 2.31 bits per heavy atom. The van der Waals surface area contributed by atoms with Gasteiger partial charge in [0.15, 0.2) is 5.82 Å². The van der Waals surface area contributed by atoms with Gasteiger partial charge < -0.3 is 5.11 Å². The van der Waals surface area contributed by atoms with Crippen molar-refractivity contribution in [1.29, 1.82) is 0 Å². The Hall–Kier alpha value is -4.13. The van der Waals surface area contributed by atoms with Crippen molar-refractivity contribution in [1.82, 2.24) is 14.9 Å². The van der Waals surface area contributed by atoms with E-state index in [1.165, 1.54) is 17.0 Å². The number of imide groups is 2. The molecule has 2 saturated heterocycles. The van der Waals surface area contributed by atoms with Crippen molar-refractivity contribution in [3.63, 3.8) is 0 Å². The Morgan fingerprint density at radius 2 is 1.67 bits per heavy atom. The summed E-state index contributed by atoms with van der Waals surface area (Å²) in [6, 6.07) is 11.2. The molecule has 4 amide bonds. The second kappa shape index (κ2) is 11.7. The van der Waals surface area contributed by atoms with Gasteiger partial charge in [0, 0.05) is 28.7 Å². The molecule has 3 aromatic rings. The van der Waals surface area contributed by atoms with Crippen LogP contribution in [0.4, 0.5) is 19.0 Å². The molecule has 0 bridgehead atoms. The smallest absolute Gasteiger partial charge is 0.417 e. The van der Waals surface area contributed by atoms with E-state index >= 15 is 4.79 Å². The zero-order valence-electron chi connectivity index (χ0n) is 25.5. The number of anilines is 1. The number of hydrogen-bond donors (Lipinski definition) is 2. The summed E-state index contributed by atoms with van der Waals surface area (Å²) in [7, 11) is 0. The molecule has 7 rings (SSSR count). The monoisotopic (exact) mass is 732 g/mol. The molecule has 49 heavy (non-hydrogen) atoms. The minimum atomic E-state index is -4.74.